The van der Waals surface area contributed by atoms with Crippen LogP contribution in [0, 0.1) is 0 Å². The molecule has 0 radical (unpaired) electrons. The highest BCUT2D eigenvalue weighted by Crippen LogP contribution is 2.13. The van der Waals surface area contributed by atoms with Crippen LogP contribution in [0.3, 0.4) is 0 Å². The quantitative estimate of drug-likeness (QED) is 0.425. The SMILES string of the molecule is FC1=CC(F)C=CC1. The van der Waals surface area contributed by atoms with Crippen molar-refractivity contribution in [2.75, 3.05) is 0 Å². The highest BCUT2D eigenvalue weighted by molar-refractivity contribution is 5.14. The van der Waals surface area contributed by atoms with E-state index in [1.807, 2.05) is 0 Å². The summed E-state index contributed by atoms with van der Waals surface area (Å²) >= 11 is 0. The van der Waals surface area contributed by atoms with Crippen molar-refractivity contribution in [2.45, 2.75) is 12.6 Å². The molecule has 0 aliphatic heterocycles. The van der Waals surface area contributed by atoms with Gasteiger partial charge in [0.2, 0.25) is 0 Å². The molecule has 0 heterocycles. The molecular weight excluding hydrogens is 110 g/mol. The lowest BCUT2D eigenvalue weighted by Crippen LogP contribution is -1.94. The van der Waals surface area contributed by atoms with Crippen LogP contribution in [-0.4, -0.2) is 6.17 Å². The molecule has 1 aliphatic carbocycles. The molecule has 0 spiro atoms. The average molecular weight is 116 g/mol. The van der Waals surface area contributed by atoms with Gasteiger partial charge in [-0.2, -0.15) is 0 Å². The summed E-state index contributed by atoms with van der Waals surface area (Å²) in [6, 6.07) is 0. The van der Waals surface area contributed by atoms with E-state index in [2.05, 4.69) is 0 Å². The summed E-state index contributed by atoms with van der Waals surface area (Å²) in [7, 11) is 0. The molecule has 1 rings (SSSR count). The Labute approximate surface area is 46.5 Å². The second-order valence-corrected chi connectivity index (χ2v) is 1.69. The summed E-state index contributed by atoms with van der Waals surface area (Å²) in [4.78, 5) is 0. The topological polar surface area (TPSA) is 0 Å². The third-order valence-electron chi connectivity index (χ3n) is 0.973. The zero-order valence-electron chi connectivity index (χ0n) is 4.27. The standard InChI is InChI=1S/C6H6F2/c7-5-2-1-3-6(8)4-5/h1-2,4-5H,3H2. The molecule has 2 heteroatoms. The van der Waals surface area contributed by atoms with E-state index in [1.165, 1.54) is 12.2 Å². The first-order valence-corrected chi connectivity index (χ1v) is 2.46. The average Bonchev–Trinajstić information content (AvgIpc) is 1.64. The van der Waals surface area contributed by atoms with Crippen molar-refractivity contribution >= 4 is 0 Å². The van der Waals surface area contributed by atoms with Gasteiger partial charge in [-0.3, -0.25) is 0 Å². The minimum atomic E-state index is -1.20. The number of rotatable bonds is 0. The van der Waals surface area contributed by atoms with Gasteiger partial charge in [0.25, 0.3) is 0 Å². The molecule has 1 unspecified atom stereocenters. The molecule has 8 heavy (non-hydrogen) atoms. The first-order chi connectivity index (χ1) is 3.79. The molecule has 1 aliphatic rings. The molecule has 0 nitrogen and oxygen atoms in total. The number of hydrogen-bond donors (Lipinski definition) is 0. The summed E-state index contributed by atoms with van der Waals surface area (Å²) in [5.41, 5.74) is 0. The predicted molar refractivity (Wildman–Crippen MR) is 27.8 cm³/mol. The maximum atomic E-state index is 12.0. The van der Waals surface area contributed by atoms with Gasteiger partial charge in [0.15, 0.2) is 0 Å². The number of alkyl halides is 1. The summed E-state index contributed by atoms with van der Waals surface area (Å²) < 4.78 is 24.0. The lowest BCUT2D eigenvalue weighted by Gasteiger charge is -2.00. The Morgan fingerprint density at radius 3 is 2.75 bits per heavy atom. The molecule has 0 saturated carbocycles. The van der Waals surface area contributed by atoms with Crippen molar-refractivity contribution in [1.82, 2.24) is 0 Å². The molecular formula is C6H6F2. The molecule has 1 atom stereocenters. The van der Waals surface area contributed by atoms with Gasteiger partial charge in [-0.1, -0.05) is 12.2 Å². The van der Waals surface area contributed by atoms with Crippen molar-refractivity contribution in [2.24, 2.45) is 0 Å². The molecule has 0 saturated heterocycles. The van der Waals surface area contributed by atoms with Crippen LogP contribution < -0.4 is 0 Å². The van der Waals surface area contributed by atoms with Crippen LogP contribution in [0.25, 0.3) is 0 Å². The van der Waals surface area contributed by atoms with Crippen molar-refractivity contribution in [3.63, 3.8) is 0 Å². The smallest absolute Gasteiger partial charge is 0.139 e. The molecule has 0 aromatic rings. The number of halogens is 2. The first kappa shape index (κ1) is 5.48. The maximum absolute atomic E-state index is 12.0. The Morgan fingerprint density at radius 2 is 2.38 bits per heavy atom. The molecule has 0 bridgehead atoms. The van der Waals surface area contributed by atoms with Crippen LogP contribution in [0.2, 0.25) is 0 Å². The van der Waals surface area contributed by atoms with E-state index in [0.29, 0.717) is 0 Å². The Bertz CT molecular complexity index is 135. The van der Waals surface area contributed by atoms with E-state index in [4.69, 9.17) is 0 Å². The fourth-order valence-corrected chi connectivity index (χ4v) is 0.607. The second kappa shape index (κ2) is 2.07. The summed E-state index contributed by atoms with van der Waals surface area (Å²) in [5.74, 6) is -0.375. The minimum Gasteiger partial charge on any atom is -0.238 e. The van der Waals surface area contributed by atoms with Gasteiger partial charge >= 0.3 is 0 Å². The number of allylic oxidation sites excluding steroid dienone is 4. The van der Waals surface area contributed by atoms with Gasteiger partial charge < -0.3 is 0 Å². The van der Waals surface area contributed by atoms with Gasteiger partial charge in [-0.05, 0) is 6.08 Å². The zero-order valence-corrected chi connectivity index (χ0v) is 4.27. The van der Waals surface area contributed by atoms with E-state index in [-0.39, 0.29) is 12.2 Å². The Hall–Kier alpha value is -0.660. The minimum absolute atomic E-state index is 0.250. The molecule has 44 valence electrons. The molecule has 0 N–H and O–H groups in total. The Morgan fingerprint density at radius 1 is 1.62 bits per heavy atom. The van der Waals surface area contributed by atoms with Crippen molar-refractivity contribution in [3.05, 3.63) is 24.1 Å². The summed E-state index contributed by atoms with van der Waals surface area (Å²) in [6.45, 7) is 0. The van der Waals surface area contributed by atoms with Gasteiger partial charge in [-0.15, -0.1) is 0 Å². The van der Waals surface area contributed by atoms with Crippen LogP contribution in [-0.2, 0) is 0 Å². The lowest BCUT2D eigenvalue weighted by atomic mass is 10.2. The summed E-state index contributed by atoms with van der Waals surface area (Å²) in [5, 5.41) is 0. The van der Waals surface area contributed by atoms with E-state index >= 15 is 0 Å². The highest BCUT2D eigenvalue weighted by atomic mass is 19.1. The fraction of sp³-hybridized carbons (Fsp3) is 0.333. The lowest BCUT2D eigenvalue weighted by molar-refractivity contribution is 0.448. The molecule has 0 amide bonds. The van der Waals surface area contributed by atoms with Gasteiger partial charge in [0.05, 0.1) is 0 Å². The zero-order chi connectivity index (χ0) is 5.98. The van der Waals surface area contributed by atoms with E-state index in [1.54, 1.807) is 0 Å². The van der Waals surface area contributed by atoms with Crippen LogP contribution in [0.1, 0.15) is 6.42 Å². The monoisotopic (exact) mass is 116 g/mol. The third kappa shape index (κ3) is 1.15. The van der Waals surface area contributed by atoms with Crippen LogP contribution in [0.5, 0.6) is 0 Å². The maximum Gasteiger partial charge on any atom is 0.139 e. The van der Waals surface area contributed by atoms with Crippen LogP contribution in [0.4, 0.5) is 8.78 Å². The van der Waals surface area contributed by atoms with E-state index in [9.17, 15) is 8.78 Å². The van der Waals surface area contributed by atoms with Crippen molar-refractivity contribution < 1.29 is 8.78 Å². The van der Waals surface area contributed by atoms with Gasteiger partial charge in [0, 0.05) is 6.42 Å². The normalized spacial score (nSPS) is 27.8. The van der Waals surface area contributed by atoms with Crippen molar-refractivity contribution in [1.29, 1.82) is 0 Å². The van der Waals surface area contributed by atoms with E-state index in [0.717, 1.165) is 6.08 Å². The van der Waals surface area contributed by atoms with Gasteiger partial charge in [0.1, 0.15) is 12.0 Å². The molecule has 0 aromatic heterocycles. The van der Waals surface area contributed by atoms with Crippen LogP contribution >= 0.6 is 0 Å². The molecule has 0 fully saturated rings. The highest BCUT2D eigenvalue weighted by Gasteiger charge is 2.03. The molecule has 0 aromatic carbocycles. The van der Waals surface area contributed by atoms with E-state index < -0.39 is 6.17 Å². The first-order valence-electron chi connectivity index (χ1n) is 2.46. The largest absolute Gasteiger partial charge is 0.238 e. The fourth-order valence-electron chi connectivity index (χ4n) is 0.607. The van der Waals surface area contributed by atoms with Crippen LogP contribution in [0.15, 0.2) is 24.1 Å². The summed E-state index contributed by atoms with van der Waals surface area (Å²) in [6.07, 6.45) is 2.84. The van der Waals surface area contributed by atoms with Crippen molar-refractivity contribution in [3.8, 4) is 0 Å². The Kier molecular flexibility index (Phi) is 1.42. The third-order valence-corrected chi connectivity index (χ3v) is 0.973. The second-order valence-electron chi connectivity index (χ2n) is 1.69. The van der Waals surface area contributed by atoms with Gasteiger partial charge in [-0.25, -0.2) is 8.78 Å². The Balaban J connectivity index is 2.60. The predicted octanol–water partition coefficient (Wildman–Crippen LogP) is 2.14. The number of hydrogen-bond acceptors (Lipinski definition) is 0.